The van der Waals surface area contributed by atoms with Gasteiger partial charge < -0.3 is 20.2 Å². The Hall–Kier alpha value is -3.40. The lowest BCUT2D eigenvalue weighted by Gasteiger charge is -2.73. The molecule has 1 aromatic carbocycles. The molecule has 0 unspecified atom stereocenters. The highest BCUT2D eigenvalue weighted by molar-refractivity contribution is 7.90. The van der Waals surface area contributed by atoms with Gasteiger partial charge in [0.2, 0.25) is 10.0 Å². The van der Waals surface area contributed by atoms with Gasteiger partial charge in [-0.1, -0.05) is 12.1 Å². The van der Waals surface area contributed by atoms with Gasteiger partial charge in [0, 0.05) is 62.1 Å². The Kier molecular flexibility index (Phi) is 6.88. The molecule has 7 aliphatic rings. The van der Waals surface area contributed by atoms with Crippen molar-refractivity contribution >= 4 is 39.2 Å². The van der Waals surface area contributed by atoms with Crippen LogP contribution in [0.2, 0.25) is 0 Å². The maximum absolute atomic E-state index is 14.6. The number of benzene rings is 1. The number of nitrogens with zero attached hydrogens (tertiary/aromatic N) is 5. The zero-order valence-corrected chi connectivity index (χ0v) is 27.0. The fourth-order valence-corrected chi connectivity index (χ4v) is 10.4. The lowest BCUT2D eigenvalue weighted by Crippen LogP contribution is -2.77. The topological polar surface area (TPSA) is 148 Å². The van der Waals surface area contributed by atoms with Crippen LogP contribution >= 0.6 is 11.3 Å². The summed E-state index contributed by atoms with van der Waals surface area (Å²) in [6, 6.07) is 3.72. The first-order chi connectivity index (χ1) is 22.0. The van der Waals surface area contributed by atoms with Crippen LogP contribution in [-0.4, -0.2) is 107 Å². The zero-order chi connectivity index (χ0) is 32.0. The number of fused-ring (bicyclic) bond motifs is 1. The average Bonchev–Trinajstić information content (AvgIpc) is 3.62. The minimum atomic E-state index is -3.22. The van der Waals surface area contributed by atoms with E-state index in [0.29, 0.717) is 66.9 Å². The number of urea groups is 1. The predicted molar refractivity (Wildman–Crippen MR) is 168 cm³/mol. The van der Waals surface area contributed by atoms with E-state index in [-0.39, 0.29) is 33.8 Å². The number of piperazine rings is 1. The molecule has 4 saturated carbocycles. The Morgan fingerprint density at radius 3 is 2.70 bits per heavy atom. The lowest BCUT2D eigenvalue weighted by molar-refractivity contribution is -0.194. The Balaban J connectivity index is 0.981. The zero-order valence-electron chi connectivity index (χ0n) is 25.4. The number of amides is 2. The summed E-state index contributed by atoms with van der Waals surface area (Å²) < 4.78 is 42.1. The maximum Gasteiger partial charge on any atom is 0.335 e. The number of aromatic nitrogens is 1. The molecule has 1 aromatic heterocycles. The third kappa shape index (κ3) is 4.85. The van der Waals surface area contributed by atoms with E-state index >= 15 is 0 Å². The number of aliphatic carboxylic acids is 1. The van der Waals surface area contributed by atoms with Crippen LogP contribution in [0, 0.1) is 18.2 Å². The van der Waals surface area contributed by atoms with Gasteiger partial charge in [-0.3, -0.25) is 9.89 Å². The van der Waals surface area contributed by atoms with E-state index in [1.165, 1.54) is 17.4 Å². The molecule has 6 fully saturated rings. The number of hydrogen-bond donors (Lipinski definition) is 3. The monoisotopic (exact) mass is 669 g/mol. The minimum Gasteiger partial charge on any atom is -0.478 e. The molecule has 3 aliphatic heterocycles. The number of carboxylic acid groups (broad SMARTS) is 1. The number of rotatable bonds is 10. The summed E-state index contributed by atoms with van der Waals surface area (Å²) >= 11 is 1.38. The van der Waals surface area contributed by atoms with Gasteiger partial charge >= 0.3 is 12.0 Å². The highest BCUT2D eigenvalue weighted by Crippen LogP contribution is 2.70. The number of aliphatic imine (C=N–C) groups is 1. The Morgan fingerprint density at radius 1 is 1.22 bits per heavy atom. The number of hydrogen-bond acceptors (Lipinski definition) is 9. The van der Waals surface area contributed by atoms with Gasteiger partial charge in [0.15, 0.2) is 10.8 Å². The summed E-state index contributed by atoms with van der Waals surface area (Å²) in [6.45, 7) is 4.65. The van der Waals surface area contributed by atoms with E-state index in [2.05, 4.69) is 19.9 Å². The molecule has 0 radical (unpaired) electrons. The molecule has 4 heterocycles. The van der Waals surface area contributed by atoms with E-state index in [0.717, 1.165) is 32.1 Å². The summed E-state index contributed by atoms with van der Waals surface area (Å²) in [5.74, 6) is -1.11. The first-order valence-corrected chi connectivity index (χ1v) is 18.2. The molecule has 15 heteroatoms. The van der Waals surface area contributed by atoms with Gasteiger partial charge in [-0.15, -0.1) is 11.3 Å². The van der Waals surface area contributed by atoms with Crippen LogP contribution in [0.4, 0.5) is 9.18 Å². The van der Waals surface area contributed by atoms with Gasteiger partial charge in [0.25, 0.3) is 0 Å². The summed E-state index contributed by atoms with van der Waals surface area (Å²) in [5.41, 5.74) is 1.15. The van der Waals surface area contributed by atoms with Crippen LogP contribution in [0.1, 0.15) is 54.3 Å². The van der Waals surface area contributed by atoms with Gasteiger partial charge in [0.05, 0.1) is 16.9 Å². The average molecular weight is 670 g/mol. The molecule has 0 spiro atoms. The van der Waals surface area contributed by atoms with Gasteiger partial charge in [-0.2, -0.15) is 0 Å². The smallest absolute Gasteiger partial charge is 0.335 e. The second-order valence-corrected chi connectivity index (χ2v) is 16.7. The number of carbonyl (C=O) groups excluding carboxylic acids is 1. The third-order valence-corrected chi connectivity index (χ3v) is 13.4. The molecule has 46 heavy (non-hydrogen) atoms. The molecule has 2 atom stereocenters. The quantitative estimate of drug-likeness (QED) is 0.350. The summed E-state index contributed by atoms with van der Waals surface area (Å²) in [7, 11) is -3.22. The summed E-state index contributed by atoms with van der Waals surface area (Å²) in [6.07, 6.45) is 5.60. The first-order valence-electron chi connectivity index (χ1n) is 15.7. The number of nitrogens with one attached hydrogen (secondary N) is 2. The number of sulfonamides is 1. The van der Waals surface area contributed by atoms with Crippen molar-refractivity contribution in [3.8, 4) is 0 Å². The molecule has 2 bridgehead atoms. The molecule has 2 amide bonds. The largest absolute Gasteiger partial charge is 0.478 e. The SMILES string of the molecule is Cc1c(F)cccc1[C@@H]1N=C(c2nccs2)NC(CN2CCN3C(=O)N(C45CC(CNS(=O)(=O)C6CC6)(C4)C5)C[C@@H]3C2)=C1C(=O)O. The van der Waals surface area contributed by atoms with Crippen molar-refractivity contribution in [3.63, 3.8) is 0 Å². The fraction of sp³-hybridized carbons (Fsp3) is 0.548. The van der Waals surface area contributed by atoms with Crippen LogP contribution in [0.15, 0.2) is 46.0 Å². The molecule has 244 valence electrons. The molecule has 2 saturated heterocycles. The molecule has 9 rings (SSSR count). The van der Waals surface area contributed by atoms with Crippen LogP contribution in [0.25, 0.3) is 0 Å². The summed E-state index contributed by atoms with van der Waals surface area (Å²) in [4.78, 5) is 41.6. The second kappa shape index (κ2) is 10.6. The van der Waals surface area contributed by atoms with Crippen molar-refractivity contribution in [3.05, 3.63) is 63.0 Å². The van der Waals surface area contributed by atoms with Crippen molar-refractivity contribution in [1.29, 1.82) is 0 Å². The maximum atomic E-state index is 14.6. The van der Waals surface area contributed by atoms with Crippen LogP contribution < -0.4 is 10.0 Å². The van der Waals surface area contributed by atoms with Crippen molar-refractivity contribution in [1.82, 2.24) is 29.7 Å². The Bertz CT molecular complexity index is 1770. The van der Waals surface area contributed by atoms with Crippen molar-refractivity contribution in [2.75, 3.05) is 39.3 Å². The predicted octanol–water partition coefficient (Wildman–Crippen LogP) is 2.45. The number of carbonyl (C=O) groups is 2. The van der Waals surface area contributed by atoms with Crippen molar-refractivity contribution in [2.24, 2.45) is 10.4 Å². The third-order valence-electron chi connectivity index (χ3n) is 10.7. The van der Waals surface area contributed by atoms with E-state index in [4.69, 9.17) is 4.99 Å². The van der Waals surface area contributed by atoms with Gasteiger partial charge in [-0.05, 0) is 61.6 Å². The minimum absolute atomic E-state index is 0.0366. The second-order valence-electron chi connectivity index (χ2n) is 13.8. The number of amidine groups is 1. The van der Waals surface area contributed by atoms with E-state index in [9.17, 15) is 27.5 Å². The standard InChI is InChI=1S/C31H36FN7O5S2/c1-18-21(3-2-4-22(18)32)25-24(28(40)41)23(35-26(36-25)27-33-7-10-45-27)13-37-8-9-38-19(11-37)12-39(29(38)42)31-14-30(15-31,16-31)17-34-46(43,44)20-5-6-20/h2-4,7,10,19-20,25,34H,5-6,8-9,11-17H2,1H3,(H,35,36)(H,40,41)/t19-,25-,30?,31?/m0/s1. The lowest BCUT2D eigenvalue weighted by atomic mass is 9.39. The molecule has 2 aromatic rings. The van der Waals surface area contributed by atoms with Crippen LogP contribution in [0.3, 0.4) is 0 Å². The van der Waals surface area contributed by atoms with E-state index in [1.54, 1.807) is 25.3 Å². The summed E-state index contributed by atoms with van der Waals surface area (Å²) in [5, 5.41) is 15.9. The van der Waals surface area contributed by atoms with Crippen LogP contribution in [0.5, 0.6) is 0 Å². The van der Waals surface area contributed by atoms with Crippen LogP contribution in [-0.2, 0) is 14.8 Å². The number of thiazole rings is 1. The number of carboxylic acids is 1. The highest BCUT2D eigenvalue weighted by atomic mass is 32.2. The van der Waals surface area contributed by atoms with Crippen molar-refractivity contribution < 1.29 is 27.5 Å². The van der Waals surface area contributed by atoms with Crippen molar-refractivity contribution in [2.45, 2.75) is 61.9 Å². The Labute approximate surface area is 270 Å². The van der Waals surface area contributed by atoms with Gasteiger partial charge in [0.1, 0.15) is 11.9 Å². The van der Waals surface area contributed by atoms with E-state index < -0.39 is 27.9 Å². The number of halogens is 1. The molecular weight excluding hydrogens is 634 g/mol. The van der Waals surface area contributed by atoms with E-state index in [1.807, 2.05) is 15.2 Å². The Morgan fingerprint density at radius 2 is 2.00 bits per heavy atom. The fourth-order valence-electron chi connectivity index (χ4n) is 8.26. The normalized spacial score (nSPS) is 30.8. The molecule has 3 N–H and O–H groups in total. The first kappa shape index (κ1) is 30.0. The molecule has 12 nitrogen and oxygen atoms in total. The molecule has 4 aliphatic carbocycles. The van der Waals surface area contributed by atoms with Gasteiger partial charge in [-0.25, -0.2) is 32.1 Å². The highest BCUT2D eigenvalue weighted by Gasteiger charge is 2.72. The molecular formula is C31H36FN7O5S2.